The molecule has 114 valence electrons. The molecule has 0 heterocycles. The first-order chi connectivity index (χ1) is 9.31. The molecule has 3 N–H and O–H groups in total. The number of aliphatic hydroxyl groups excluding tert-OH is 1. The molecule has 0 saturated heterocycles. The Labute approximate surface area is 120 Å². The van der Waals surface area contributed by atoms with Gasteiger partial charge in [-0.25, -0.2) is 12.7 Å². The summed E-state index contributed by atoms with van der Waals surface area (Å²) in [6.07, 6.45) is -0.109. The van der Waals surface area contributed by atoms with Gasteiger partial charge < -0.3 is 15.6 Å². The van der Waals surface area contributed by atoms with Crippen molar-refractivity contribution in [1.29, 1.82) is 0 Å². The maximum Gasteiger partial charge on any atom is 0.217 e. The second kappa shape index (κ2) is 7.47. The number of benzene rings is 1. The van der Waals surface area contributed by atoms with E-state index in [9.17, 15) is 8.42 Å². The number of hydrogen-bond acceptors (Lipinski definition) is 5. The van der Waals surface area contributed by atoms with Crippen LogP contribution in [0.15, 0.2) is 24.3 Å². The Bertz CT molecular complexity index is 517. The zero-order valence-electron chi connectivity index (χ0n) is 11.8. The third-order valence-electron chi connectivity index (χ3n) is 2.80. The Balaban J connectivity index is 2.43. The van der Waals surface area contributed by atoms with Crippen molar-refractivity contribution in [2.24, 2.45) is 0 Å². The summed E-state index contributed by atoms with van der Waals surface area (Å²) in [4.78, 5) is 0. The van der Waals surface area contributed by atoms with Crippen molar-refractivity contribution in [3.05, 3.63) is 24.3 Å². The van der Waals surface area contributed by atoms with Gasteiger partial charge in [-0.05, 0) is 25.5 Å². The van der Waals surface area contributed by atoms with Gasteiger partial charge in [-0.1, -0.05) is 6.07 Å². The van der Waals surface area contributed by atoms with Crippen molar-refractivity contribution >= 4 is 15.7 Å². The molecule has 1 aromatic carbocycles. The van der Waals surface area contributed by atoms with Gasteiger partial charge in [0.25, 0.3) is 0 Å². The number of ether oxygens (including phenoxy) is 1. The highest BCUT2D eigenvalue weighted by molar-refractivity contribution is 7.89. The van der Waals surface area contributed by atoms with Crippen molar-refractivity contribution in [3.8, 4) is 5.75 Å². The molecule has 1 aromatic rings. The summed E-state index contributed by atoms with van der Waals surface area (Å²) in [6.45, 7) is 1.98. The van der Waals surface area contributed by atoms with E-state index in [1.165, 1.54) is 11.4 Å². The summed E-state index contributed by atoms with van der Waals surface area (Å²) < 4.78 is 30.5. The molecule has 0 aliphatic heterocycles. The zero-order valence-corrected chi connectivity index (χ0v) is 12.6. The highest BCUT2D eigenvalue weighted by Gasteiger charge is 2.18. The summed E-state index contributed by atoms with van der Waals surface area (Å²) in [5.74, 6) is 0.435. The third kappa shape index (κ3) is 5.77. The fraction of sp³-hybridized carbons (Fsp3) is 0.538. The summed E-state index contributed by atoms with van der Waals surface area (Å²) >= 11 is 0. The number of aliphatic hydroxyl groups is 1. The Morgan fingerprint density at radius 2 is 2.15 bits per heavy atom. The van der Waals surface area contributed by atoms with E-state index in [2.05, 4.69) is 0 Å². The number of anilines is 1. The van der Waals surface area contributed by atoms with Gasteiger partial charge in [0.1, 0.15) is 12.4 Å². The number of nitrogens with zero attached hydrogens (tertiary/aromatic N) is 1. The minimum absolute atomic E-state index is 0.0603. The van der Waals surface area contributed by atoms with Crippen LogP contribution in [0.4, 0.5) is 5.69 Å². The molecule has 1 rings (SSSR count). The van der Waals surface area contributed by atoms with E-state index in [4.69, 9.17) is 15.6 Å². The van der Waals surface area contributed by atoms with Gasteiger partial charge in [0.05, 0.1) is 11.9 Å². The summed E-state index contributed by atoms with van der Waals surface area (Å²) in [6, 6.07) is 6.84. The minimum atomic E-state index is -3.37. The van der Waals surface area contributed by atoms with Crippen LogP contribution < -0.4 is 10.5 Å². The Morgan fingerprint density at radius 3 is 2.75 bits per heavy atom. The molecule has 0 amide bonds. The second-order valence-electron chi connectivity index (χ2n) is 4.70. The van der Waals surface area contributed by atoms with Gasteiger partial charge >= 0.3 is 0 Å². The maximum absolute atomic E-state index is 11.9. The normalized spacial score (nSPS) is 13.4. The molecule has 0 aliphatic carbocycles. The third-order valence-corrected chi connectivity index (χ3v) is 4.62. The predicted octanol–water partition coefficient (Wildman–Crippen LogP) is 0.680. The summed E-state index contributed by atoms with van der Waals surface area (Å²) in [5.41, 5.74) is 6.17. The van der Waals surface area contributed by atoms with E-state index in [1.54, 1.807) is 31.2 Å². The zero-order chi connectivity index (χ0) is 15.2. The number of rotatable bonds is 8. The first-order valence-corrected chi connectivity index (χ1v) is 8.02. The van der Waals surface area contributed by atoms with Crippen LogP contribution in [-0.4, -0.2) is 49.9 Å². The molecular formula is C13H22N2O4S. The lowest BCUT2D eigenvalue weighted by Crippen LogP contribution is -2.33. The molecule has 0 aliphatic rings. The van der Waals surface area contributed by atoms with Gasteiger partial charge in [-0.15, -0.1) is 0 Å². The van der Waals surface area contributed by atoms with Crippen LogP contribution in [0.2, 0.25) is 0 Å². The van der Waals surface area contributed by atoms with Crippen molar-refractivity contribution in [3.63, 3.8) is 0 Å². The largest absolute Gasteiger partial charge is 0.492 e. The van der Waals surface area contributed by atoms with E-state index in [1.807, 2.05) is 0 Å². The first kappa shape index (κ1) is 16.7. The van der Waals surface area contributed by atoms with Gasteiger partial charge in [-0.3, -0.25) is 0 Å². The number of nitrogens with two attached hydrogens (primary N) is 1. The second-order valence-corrected chi connectivity index (χ2v) is 6.89. The molecule has 1 atom stereocenters. The van der Waals surface area contributed by atoms with Gasteiger partial charge in [0, 0.05) is 25.3 Å². The monoisotopic (exact) mass is 302 g/mol. The van der Waals surface area contributed by atoms with Gasteiger partial charge in [0.2, 0.25) is 10.0 Å². The molecule has 0 fully saturated rings. The average Bonchev–Trinajstić information content (AvgIpc) is 2.35. The molecule has 6 nitrogen and oxygen atoms in total. The Hall–Kier alpha value is -1.31. The van der Waals surface area contributed by atoms with Crippen LogP contribution in [-0.2, 0) is 10.0 Å². The predicted molar refractivity (Wildman–Crippen MR) is 79.1 cm³/mol. The van der Waals surface area contributed by atoms with E-state index >= 15 is 0 Å². The molecule has 0 spiro atoms. The Kier molecular flexibility index (Phi) is 6.25. The van der Waals surface area contributed by atoms with Crippen LogP contribution in [0.3, 0.4) is 0 Å². The fourth-order valence-corrected chi connectivity index (χ4v) is 2.52. The first-order valence-electron chi connectivity index (χ1n) is 6.41. The molecule has 0 saturated carbocycles. The SMILES string of the molecule is CC(O)CCN(C)S(=O)(=O)CCOc1cccc(N)c1. The van der Waals surface area contributed by atoms with Crippen molar-refractivity contribution in [2.75, 3.05) is 31.7 Å². The van der Waals surface area contributed by atoms with Crippen LogP contribution >= 0.6 is 0 Å². The van der Waals surface area contributed by atoms with E-state index in [0.29, 0.717) is 17.9 Å². The maximum atomic E-state index is 11.9. The van der Waals surface area contributed by atoms with Crippen LogP contribution in [0, 0.1) is 0 Å². The standard InChI is InChI=1S/C13H22N2O4S/c1-11(16)6-7-15(2)20(17,18)9-8-19-13-5-3-4-12(14)10-13/h3-5,10-11,16H,6-9,14H2,1-2H3. The van der Waals surface area contributed by atoms with E-state index in [0.717, 1.165) is 0 Å². The summed E-state index contributed by atoms with van der Waals surface area (Å²) in [5, 5.41) is 9.16. The van der Waals surface area contributed by atoms with Crippen LogP contribution in [0.5, 0.6) is 5.75 Å². The lowest BCUT2D eigenvalue weighted by Gasteiger charge is -2.18. The average molecular weight is 302 g/mol. The molecule has 1 unspecified atom stereocenters. The lowest BCUT2D eigenvalue weighted by atomic mass is 10.3. The summed E-state index contributed by atoms with van der Waals surface area (Å²) in [7, 11) is -1.87. The minimum Gasteiger partial charge on any atom is -0.492 e. The number of nitrogen functional groups attached to an aromatic ring is 1. The van der Waals surface area contributed by atoms with Crippen molar-refractivity contribution < 1.29 is 18.3 Å². The molecule has 7 heteroatoms. The van der Waals surface area contributed by atoms with Crippen LogP contribution in [0.25, 0.3) is 0 Å². The highest BCUT2D eigenvalue weighted by atomic mass is 32.2. The molecular weight excluding hydrogens is 280 g/mol. The molecule has 20 heavy (non-hydrogen) atoms. The van der Waals surface area contributed by atoms with Crippen molar-refractivity contribution in [2.45, 2.75) is 19.4 Å². The van der Waals surface area contributed by atoms with Gasteiger partial charge in [0.15, 0.2) is 0 Å². The van der Waals surface area contributed by atoms with Gasteiger partial charge in [-0.2, -0.15) is 0 Å². The quantitative estimate of drug-likeness (QED) is 0.689. The topological polar surface area (TPSA) is 92.9 Å². The number of hydrogen-bond donors (Lipinski definition) is 2. The molecule has 0 aromatic heterocycles. The number of sulfonamides is 1. The lowest BCUT2D eigenvalue weighted by molar-refractivity contribution is 0.177. The van der Waals surface area contributed by atoms with Crippen molar-refractivity contribution in [1.82, 2.24) is 4.31 Å². The smallest absolute Gasteiger partial charge is 0.217 e. The highest BCUT2D eigenvalue weighted by Crippen LogP contribution is 2.14. The molecule has 0 radical (unpaired) electrons. The Morgan fingerprint density at radius 1 is 1.45 bits per heavy atom. The molecule has 0 bridgehead atoms. The van der Waals surface area contributed by atoms with Crippen LogP contribution in [0.1, 0.15) is 13.3 Å². The van der Waals surface area contributed by atoms with E-state index in [-0.39, 0.29) is 18.9 Å². The fourth-order valence-electron chi connectivity index (χ4n) is 1.53. The van der Waals surface area contributed by atoms with E-state index < -0.39 is 16.1 Å².